The van der Waals surface area contributed by atoms with Gasteiger partial charge in [-0.25, -0.2) is 13.1 Å². The van der Waals surface area contributed by atoms with Crippen molar-refractivity contribution in [2.45, 2.75) is 11.3 Å². The van der Waals surface area contributed by atoms with Gasteiger partial charge in [-0.3, -0.25) is 0 Å². The van der Waals surface area contributed by atoms with Gasteiger partial charge in [-0.05, 0) is 37.2 Å². The van der Waals surface area contributed by atoms with Crippen molar-refractivity contribution >= 4 is 10.0 Å². The summed E-state index contributed by atoms with van der Waals surface area (Å²) in [5.41, 5.74) is 0. The number of benzene rings is 1. The molecule has 0 aliphatic carbocycles. The van der Waals surface area contributed by atoms with Crippen molar-refractivity contribution in [2.75, 3.05) is 46.4 Å². The zero-order valence-corrected chi connectivity index (χ0v) is 13.2. The van der Waals surface area contributed by atoms with Crippen LogP contribution < -0.4 is 14.8 Å². The van der Waals surface area contributed by atoms with Crippen molar-refractivity contribution in [3.05, 3.63) is 24.3 Å². The van der Waals surface area contributed by atoms with Crippen LogP contribution in [0.5, 0.6) is 5.75 Å². The number of sulfonamides is 1. The Hall–Kier alpha value is -1.15. The molecule has 0 spiro atoms. The summed E-state index contributed by atoms with van der Waals surface area (Å²) >= 11 is 0. The molecule has 2 rings (SSSR count). The van der Waals surface area contributed by atoms with Gasteiger partial charge < -0.3 is 15.0 Å². The van der Waals surface area contributed by atoms with E-state index >= 15 is 0 Å². The Morgan fingerprint density at radius 2 is 1.90 bits per heavy atom. The van der Waals surface area contributed by atoms with Crippen LogP contribution in [0, 0.1) is 0 Å². The van der Waals surface area contributed by atoms with Gasteiger partial charge in [0.15, 0.2) is 0 Å². The normalized spacial score (nSPS) is 16.8. The molecule has 0 unspecified atom stereocenters. The van der Waals surface area contributed by atoms with Gasteiger partial charge in [0.25, 0.3) is 0 Å². The van der Waals surface area contributed by atoms with Crippen LogP contribution in [0.25, 0.3) is 0 Å². The second-order valence-corrected chi connectivity index (χ2v) is 6.79. The predicted octanol–water partition coefficient (Wildman–Crippen LogP) is 0.269. The monoisotopic (exact) mass is 313 g/mol. The molecule has 1 aliphatic heterocycles. The van der Waals surface area contributed by atoms with Crippen LogP contribution in [0.2, 0.25) is 0 Å². The molecule has 1 fully saturated rings. The van der Waals surface area contributed by atoms with Gasteiger partial charge in [0.05, 0.1) is 12.0 Å². The van der Waals surface area contributed by atoms with E-state index in [0.29, 0.717) is 12.3 Å². The number of piperazine rings is 1. The lowest BCUT2D eigenvalue weighted by Crippen LogP contribution is -2.44. The minimum atomic E-state index is -3.42. The zero-order valence-electron chi connectivity index (χ0n) is 12.3. The number of nitrogens with one attached hydrogen (secondary N) is 2. The fourth-order valence-corrected chi connectivity index (χ4v) is 3.36. The van der Waals surface area contributed by atoms with Crippen molar-refractivity contribution < 1.29 is 13.2 Å². The summed E-state index contributed by atoms with van der Waals surface area (Å²) in [4.78, 5) is 2.61. The van der Waals surface area contributed by atoms with E-state index < -0.39 is 10.0 Å². The van der Waals surface area contributed by atoms with Crippen LogP contribution in [0.3, 0.4) is 0 Å². The molecule has 1 heterocycles. The molecule has 1 saturated heterocycles. The molecule has 1 aromatic carbocycles. The molecule has 0 radical (unpaired) electrons. The maximum Gasteiger partial charge on any atom is 0.240 e. The van der Waals surface area contributed by atoms with Crippen molar-refractivity contribution in [1.82, 2.24) is 14.9 Å². The van der Waals surface area contributed by atoms with Gasteiger partial charge in [-0.15, -0.1) is 0 Å². The fraction of sp³-hybridized carbons (Fsp3) is 0.571. The van der Waals surface area contributed by atoms with E-state index in [1.54, 1.807) is 31.4 Å². The molecule has 0 aromatic heterocycles. The third-order valence-corrected chi connectivity index (χ3v) is 5.00. The maximum atomic E-state index is 12.1. The Balaban J connectivity index is 1.77. The van der Waals surface area contributed by atoms with Gasteiger partial charge in [0.2, 0.25) is 10.0 Å². The summed E-state index contributed by atoms with van der Waals surface area (Å²) in [6.07, 6.45) is 0.815. The molecule has 2 N–H and O–H groups in total. The van der Waals surface area contributed by atoms with Crippen molar-refractivity contribution in [3.63, 3.8) is 0 Å². The molecule has 21 heavy (non-hydrogen) atoms. The first-order valence-corrected chi connectivity index (χ1v) is 8.67. The van der Waals surface area contributed by atoms with Crippen molar-refractivity contribution in [3.8, 4) is 5.75 Å². The van der Waals surface area contributed by atoms with Crippen LogP contribution >= 0.6 is 0 Å². The first-order chi connectivity index (χ1) is 10.1. The summed E-state index contributed by atoms with van der Waals surface area (Å²) in [6, 6.07) is 6.40. The number of nitrogens with zero attached hydrogens (tertiary/aromatic N) is 1. The van der Waals surface area contributed by atoms with E-state index in [1.807, 2.05) is 0 Å². The van der Waals surface area contributed by atoms with Gasteiger partial charge in [0.1, 0.15) is 5.75 Å². The highest BCUT2D eigenvalue weighted by atomic mass is 32.2. The molecule has 1 aliphatic rings. The van der Waals surface area contributed by atoms with E-state index in [0.717, 1.165) is 39.1 Å². The van der Waals surface area contributed by atoms with Gasteiger partial charge in [-0.2, -0.15) is 0 Å². The van der Waals surface area contributed by atoms with Crippen LogP contribution in [0.1, 0.15) is 6.42 Å². The number of rotatable bonds is 7. The standard InChI is InChI=1S/C14H23N3O3S/c1-20-13-3-5-14(6-4-13)21(18,19)16-7-2-10-17-11-8-15-9-12-17/h3-6,15-16H,2,7-12H2,1H3. The van der Waals surface area contributed by atoms with E-state index in [-0.39, 0.29) is 4.90 Å². The second kappa shape index (κ2) is 7.74. The van der Waals surface area contributed by atoms with Gasteiger partial charge >= 0.3 is 0 Å². The van der Waals surface area contributed by atoms with Crippen LogP contribution in [-0.2, 0) is 10.0 Å². The molecule has 1 aromatic rings. The molecule has 6 nitrogen and oxygen atoms in total. The first-order valence-electron chi connectivity index (χ1n) is 7.18. The Bertz CT molecular complexity index is 525. The minimum absolute atomic E-state index is 0.269. The largest absolute Gasteiger partial charge is 0.497 e. The summed E-state index contributed by atoms with van der Waals surface area (Å²) in [5.74, 6) is 0.646. The highest BCUT2D eigenvalue weighted by Gasteiger charge is 2.14. The van der Waals surface area contributed by atoms with Gasteiger partial charge in [-0.1, -0.05) is 0 Å². The highest BCUT2D eigenvalue weighted by molar-refractivity contribution is 7.89. The first kappa shape index (κ1) is 16.2. The molecular weight excluding hydrogens is 290 g/mol. The third kappa shape index (κ3) is 4.96. The van der Waals surface area contributed by atoms with E-state index in [2.05, 4.69) is 14.9 Å². The Labute approximate surface area is 126 Å². The lowest BCUT2D eigenvalue weighted by atomic mass is 10.3. The average molecular weight is 313 g/mol. The second-order valence-electron chi connectivity index (χ2n) is 5.02. The smallest absolute Gasteiger partial charge is 0.240 e. The van der Waals surface area contributed by atoms with E-state index in [9.17, 15) is 8.42 Å². The molecule has 118 valence electrons. The molecular formula is C14H23N3O3S. The highest BCUT2D eigenvalue weighted by Crippen LogP contribution is 2.15. The Morgan fingerprint density at radius 1 is 1.24 bits per heavy atom. The van der Waals surface area contributed by atoms with Crippen LogP contribution in [0.15, 0.2) is 29.2 Å². The summed E-state index contributed by atoms with van der Waals surface area (Å²) in [5, 5.41) is 3.30. The minimum Gasteiger partial charge on any atom is -0.497 e. The van der Waals surface area contributed by atoms with Crippen LogP contribution in [-0.4, -0.2) is 59.7 Å². The lowest BCUT2D eigenvalue weighted by molar-refractivity contribution is 0.239. The van der Waals surface area contributed by atoms with Crippen molar-refractivity contribution in [2.24, 2.45) is 0 Å². The molecule has 7 heteroatoms. The zero-order chi connectivity index (χ0) is 15.1. The summed E-state index contributed by atoms with van der Waals surface area (Å²) in [7, 11) is -1.87. The van der Waals surface area contributed by atoms with E-state index in [4.69, 9.17) is 4.74 Å². The number of hydrogen-bond acceptors (Lipinski definition) is 5. The van der Waals surface area contributed by atoms with Crippen LogP contribution in [0.4, 0.5) is 0 Å². The quantitative estimate of drug-likeness (QED) is 0.707. The molecule has 0 bridgehead atoms. The predicted molar refractivity (Wildman–Crippen MR) is 82.1 cm³/mol. The molecule has 0 atom stereocenters. The molecule has 0 amide bonds. The summed E-state index contributed by atoms with van der Waals surface area (Å²) in [6.45, 7) is 5.47. The number of hydrogen-bond donors (Lipinski definition) is 2. The fourth-order valence-electron chi connectivity index (χ4n) is 2.28. The maximum absolute atomic E-state index is 12.1. The SMILES string of the molecule is COc1ccc(S(=O)(=O)NCCCN2CCNCC2)cc1. The number of ether oxygens (including phenoxy) is 1. The Morgan fingerprint density at radius 3 is 2.52 bits per heavy atom. The molecule has 0 saturated carbocycles. The Kier molecular flexibility index (Phi) is 5.98. The third-order valence-electron chi connectivity index (χ3n) is 3.52. The summed E-state index contributed by atoms with van der Waals surface area (Å²) < 4.78 is 31.9. The van der Waals surface area contributed by atoms with Crippen molar-refractivity contribution in [1.29, 1.82) is 0 Å². The average Bonchev–Trinajstić information content (AvgIpc) is 2.53. The van der Waals surface area contributed by atoms with E-state index in [1.165, 1.54) is 0 Å². The topological polar surface area (TPSA) is 70.7 Å². The number of methoxy groups -OCH3 is 1. The van der Waals surface area contributed by atoms with Gasteiger partial charge in [0, 0.05) is 32.7 Å². The lowest BCUT2D eigenvalue weighted by Gasteiger charge is -2.27.